The number of nitrogens with zero attached hydrogens (tertiary/aromatic N) is 1. The minimum Gasteiger partial charge on any atom is -0.345 e. The van der Waals surface area contributed by atoms with Crippen LogP contribution in [0.1, 0.15) is 6.92 Å². The molecule has 1 aliphatic heterocycles. The van der Waals surface area contributed by atoms with Gasteiger partial charge in [0.25, 0.3) is 0 Å². The molecular formula is C10H14N2O2S. The van der Waals surface area contributed by atoms with Gasteiger partial charge in [-0.25, -0.2) is 0 Å². The molecule has 0 aromatic rings. The van der Waals surface area contributed by atoms with Crippen molar-refractivity contribution in [2.45, 2.75) is 13.0 Å². The highest BCUT2D eigenvalue weighted by molar-refractivity contribution is 7.99. The summed E-state index contributed by atoms with van der Waals surface area (Å²) in [5.41, 5.74) is 0. The van der Waals surface area contributed by atoms with Gasteiger partial charge >= 0.3 is 0 Å². The molecule has 1 aliphatic rings. The standard InChI is InChI=1S/C10H14N2O2S/c1-3-5-15-6-4-12-8(2)10(14)11-7-9(12)13/h1,8H,4-7H2,2H3,(H,11,14). The van der Waals surface area contributed by atoms with Crippen LogP contribution in [0.15, 0.2) is 0 Å². The van der Waals surface area contributed by atoms with Crippen LogP contribution in [0, 0.1) is 12.3 Å². The van der Waals surface area contributed by atoms with Gasteiger partial charge in [0.1, 0.15) is 6.04 Å². The van der Waals surface area contributed by atoms with Crippen molar-refractivity contribution < 1.29 is 9.59 Å². The van der Waals surface area contributed by atoms with E-state index in [4.69, 9.17) is 6.42 Å². The first-order valence-electron chi connectivity index (χ1n) is 4.75. The summed E-state index contributed by atoms with van der Waals surface area (Å²) in [4.78, 5) is 24.4. The molecule has 0 spiro atoms. The van der Waals surface area contributed by atoms with Gasteiger partial charge < -0.3 is 10.2 Å². The second kappa shape index (κ2) is 5.66. The van der Waals surface area contributed by atoms with Crippen molar-refractivity contribution >= 4 is 23.6 Å². The number of thioether (sulfide) groups is 1. The fourth-order valence-electron chi connectivity index (χ4n) is 1.38. The molecule has 1 heterocycles. The number of carbonyl (C=O) groups excluding carboxylic acids is 2. The third kappa shape index (κ3) is 3.17. The SMILES string of the molecule is C#CCSCCN1C(=O)CNC(=O)C1C. The molecule has 15 heavy (non-hydrogen) atoms. The smallest absolute Gasteiger partial charge is 0.242 e. The number of hydrogen-bond donors (Lipinski definition) is 1. The highest BCUT2D eigenvalue weighted by Gasteiger charge is 2.30. The van der Waals surface area contributed by atoms with Gasteiger partial charge in [-0.2, -0.15) is 0 Å². The Morgan fingerprint density at radius 2 is 2.40 bits per heavy atom. The van der Waals surface area contributed by atoms with Gasteiger partial charge in [-0.05, 0) is 6.92 Å². The molecule has 0 aliphatic carbocycles. The summed E-state index contributed by atoms with van der Waals surface area (Å²) in [5.74, 6) is 3.82. The zero-order chi connectivity index (χ0) is 11.3. The Balaban J connectivity index is 2.40. The fraction of sp³-hybridized carbons (Fsp3) is 0.600. The first-order valence-corrected chi connectivity index (χ1v) is 5.90. The lowest BCUT2D eigenvalue weighted by atomic mass is 10.2. The molecule has 82 valence electrons. The lowest BCUT2D eigenvalue weighted by Crippen LogP contribution is -2.57. The Morgan fingerprint density at radius 1 is 1.67 bits per heavy atom. The Labute approximate surface area is 93.8 Å². The zero-order valence-corrected chi connectivity index (χ0v) is 9.47. The lowest BCUT2D eigenvalue weighted by Gasteiger charge is -2.32. The number of hydrogen-bond acceptors (Lipinski definition) is 3. The number of nitrogens with one attached hydrogen (secondary N) is 1. The van der Waals surface area contributed by atoms with Crippen LogP contribution in [0.25, 0.3) is 0 Å². The molecule has 0 aromatic heterocycles. The lowest BCUT2D eigenvalue weighted by molar-refractivity contribution is -0.144. The van der Waals surface area contributed by atoms with E-state index < -0.39 is 0 Å². The van der Waals surface area contributed by atoms with Crippen molar-refractivity contribution in [3.8, 4) is 12.3 Å². The van der Waals surface area contributed by atoms with Crippen molar-refractivity contribution in [2.75, 3.05) is 24.6 Å². The maximum absolute atomic E-state index is 11.5. The van der Waals surface area contributed by atoms with Crippen LogP contribution in [-0.4, -0.2) is 47.4 Å². The maximum atomic E-state index is 11.5. The van der Waals surface area contributed by atoms with Gasteiger partial charge in [-0.15, -0.1) is 18.2 Å². The van der Waals surface area contributed by atoms with Crippen LogP contribution in [0.2, 0.25) is 0 Å². The number of piperazine rings is 1. The number of terminal acetylenes is 1. The summed E-state index contributed by atoms with van der Waals surface area (Å²) in [7, 11) is 0. The molecule has 0 radical (unpaired) electrons. The third-order valence-corrected chi connectivity index (χ3v) is 3.09. The van der Waals surface area contributed by atoms with E-state index in [1.807, 2.05) is 0 Å². The first-order chi connectivity index (χ1) is 7.16. The monoisotopic (exact) mass is 226 g/mol. The predicted octanol–water partition coefficient (Wildman–Crippen LogP) is -0.300. The minimum absolute atomic E-state index is 0.0246. The van der Waals surface area contributed by atoms with Gasteiger partial charge in [0.2, 0.25) is 11.8 Å². The molecule has 0 bridgehead atoms. The topological polar surface area (TPSA) is 49.4 Å². The van der Waals surface area contributed by atoms with Crippen molar-refractivity contribution in [3.63, 3.8) is 0 Å². The molecule has 5 heteroatoms. The normalized spacial score (nSPS) is 21.1. The Bertz CT molecular complexity index is 298. The van der Waals surface area contributed by atoms with E-state index in [1.165, 1.54) is 0 Å². The second-order valence-corrected chi connectivity index (χ2v) is 4.34. The van der Waals surface area contributed by atoms with Gasteiger partial charge in [-0.1, -0.05) is 5.92 Å². The molecule has 1 saturated heterocycles. The highest BCUT2D eigenvalue weighted by atomic mass is 32.2. The van der Waals surface area contributed by atoms with Crippen molar-refractivity contribution in [3.05, 3.63) is 0 Å². The number of rotatable bonds is 4. The fourth-order valence-corrected chi connectivity index (χ4v) is 1.97. The summed E-state index contributed by atoms with van der Waals surface area (Å²) in [6.45, 7) is 2.43. The summed E-state index contributed by atoms with van der Waals surface area (Å²) in [6, 6.07) is -0.363. The summed E-state index contributed by atoms with van der Waals surface area (Å²) in [5, 5.41) is 2.54. The van der Waals surface area contributed by atoms with Crippen LogP contribution < -0.4 is 5.32 Å². The van der Waals surface area contributed by atoms with E-state index in [1.54, 1.807) is 23.6 Å². The molecule has 1 atom stereocenters. The van der Waals surface area contributed by atoms with Crippen LogP contribution >= 0.6 is 11.8 Å². The van der Waals surface area contributed by atoms with Crippen LogP contribution in [0.5, 0.6) is 0 Å². The van der Waals surface area contributed by atoms with E-state index in [9.17, 15) is 9.59 Å². The van der Waals surface area contributed by atoms with E-state index in [0.717, 1.165) is 5.75 Å². The van der Waals surface area contributed by atoms with Gasteiger partial charge in [0, 0.05) is 12.3 Å². The van der Waals surface area contributed by atoms with Crippen molar-refractivity contribution in [1.82, 2.24) is 10.2 Å². The van der Waals surface area contributed by atoms with E-state index in [0.29, 0.717) is 12.3 Å². The van der Waals surface area contributed by atoms with Gasteiger partial charge in [0.05, 0.1) is 12.3 Å². The maximum Gasteiger partial charge on any atom is 0.242 e. The van der Waals surface area contributed by atoms with Crippen LogP contribution in [0.3, 0.4) is 0 Å². The molecule has 1 N–H and O–H groups in total. The largest absolute Gasteiger partial charge is 0.345 e. The van der Waals surface area contributed by atoms with Gasteiger partial charge in [0.15, 0.2) is 0 Å². The van der Waals surface area contributed by atoms with Crippen LogP contribution in [-0.2, 0) is 9.59 Å². The molecule has 0 saturated carbocycles. The third-order valence-electron chi connectivity index (χ3n) is 2.24. The summed E-state index contributed by atoms with van der Waals surface area (Å²) < 4.78 is 0. The summed E-state index contributed by atoms with van der Waals surface area (Å²) in [6.07, 6.45) is 5.11. The molecule has 4 nitrogen and oxygen atoms in total. The summed E-state index contributed by atoms with van der Waals surface area (Å²) >= 11 is 1.59. The Hall–Kier alpha value is -1.15. The molecule has 1 unspecified atom stereocenters. The highest BCUT2D eigenvalue weighted by Crippen LogP contribution is 2.07. The quantitative estimate of drug-likeness (QED) is 0.529. The van der Waals surface area contributed by atoms with Crippen molar-refractivity contribution in [2.24, 2.45) is 0 Å². The molecule has 1 fully saturated rings. The number of carbonyl (C=O) groups is 2. The molecule has 1 rings (SSSR count). The zero-order valence-electron chi connectivity index (χ0n) is 8.66. The Kier molecular flexibility index (Phi) is 4.50. The van der Waals surface area contributed by atoms with E-state index in [2.05, 4.69) is 11.2 Å². The van der Waals surface area contributed by atoms with Crippen molar-refractivity contribution in [1.29, 1.82) is 0 Å². The molecule has 2 amide bonds. The molecular weight excluding hydrogens is 212 g/mol. The Morgan fingerprint density at radius 3 is 3.07 bits per heavy atom. The minimum atomic E-state index is -0.363. The number of amides is 2. The van der Waals surface area contributed by atoms with Crippen LogP contribution in [0.4, 0.5) is 0 Å². The second-order valence-electron chi connectivity index (χ2n) is 3.24. The van der Waals surface area contributed by atoms with E-state index >= 15 is 0 Å². The van der Waals surface area contributed by atoms with E-state index in [-0.39, 0.29) is 24.4 Å². The first kappa shape index (κ1) is 11.9. The average Bonchev–Trinajstić information content (AvgIpc) is 2.23. The van der Waals surface area contributed by atoms with Gasteiger partial charge in [-0.3, -0.25) is 9.59 Å². The predicted molar refractivity (Wildman–Crippen MR) is 60.3 cm³/mol. The molecule has 0 aromatic carbocycles. The average molecular weight is 226 g/mol.